The molecule has 1 aromatic heterocycles. The van der Waals surface area contributed by atoms with Crippen molar-refractivity contribution < 1.29 is 9.90 Å². The van der Waals surface area contributed by atoms with Gasteiger partial charge in [0.05, 0.1) is 16.6 Å². The van der Waals surface area contributed by atoms with Gasteiger partial charge in [0.25, 0.3) is 5.91 Å². The first-order valence-electron chi connectivity index (χ1n) is 10.4. The van der Waals surface area contributed by atoms with Crippen LogP contribution in [0.2, 0.25) is 5.02 Å². The number of aromatic nitrogens is 1. The van der Waals surface area contributed by atoms with E-state index in [-0.39, 0.29) is 17.1 Å². The Balaban J connectivity index is 2.38. The molecule has 32 heavy (non-hydrogen) atoms. The number of carbonyl (C=O) groups is 1. The summed E-state index contributed by atoms with van der Waals surface area (Å²) in [5.74, 6) is -0.256. The summed E-state index contributed by atoms with van der Waals surface area (Å²) in [6.45, 7) is 7.85. The Labute approximate surface area is 192 Å². The molecule has 0 saturated heterocycles. The maximum atomic E-state index is 12.3. The van der Waals surface area contributed by atoms with E-state index in [0.717, 1.165) is 22.3 Å². The van der Waals surface area contributed by atoms with E-state index in [1.165, 1.54) is 0 Å². The van der Waals surface area contributed by atoms with Gasteiger partial charge < -0.3 is 16.6 Å². The fraction of sp³-hybridized carbons (Fsp3) is 0.192. The Hall–Kier alpha value is -3.44. The van der Waals surface area contributed by atoms with Crippen LogP contribution < -0.4 is 22.0 Å². The summed E-state index contributed by atoms with van der Waals surface area (Å²) in [6, 6.07) is 11.0. The van der Waals surface area contributed by atoms with E-state index in [2.05, 4.69) is 0 Å². The van der Waals surface area contributed by atoms with Crippen molar-refractivity contribution in [3.05, 3.63) is 80.3 Å². The van der Waals surface area contributed by atoms with Gasteiger partial charge in [-0.25, -0.2) is 0 Å². The molecule has 0 unspecified atom stereocenters. The number of phenols is 1. The minimum Gasteiger partial charge on any atom is -0.508 e. The predicted octanol–water partition coefficient (Wildman–Crippen LogP) is 4.21. The molecule has 2 aromatic carbocycles. The number of phenolic OH excluding ortho intramolecular Hbond substituents is 1. The molecular weight excluding hydrogens is 422 g/mol. The van der Waals surface area contributed by atoms with Crippen LogP contribution in [0.25, 0.3) is 23.4 Å². The quantitative estimate of drug-likeness (QED) is 0.544. The van der Waals surface area contributed by atoms with Gasteiger partial charge in [0, 0.05) is 16.3 Å². The first-order valence-corrected chi connectivity index (χ1v) is 10.8. The molecule has 1 amide bonds. The van der Waals surface area contributed by atoms with Crippen LogP contribution in [0.1, 0.15) is 47.3 Å². The van der Waals surface area contributed by atoms with Gasteiger partial charge in [-0.05, 0) is 67.7 Å². The molecule has 5 nitrogen and oxygen atoms in total. The number of aromatic hydroxyl groups is 1. The highest BCUT2D eigenvalue weighted by Gasteiger charge is 2.19. The molecule has 0 aliphatic rings. The molecule has 0 saturated carbocycles. The number of anilines is 1. The van der Waals surface area contributed by atoms with Gasteiger partial charge in [0.2, 0.25) is 0 Å². The van der Waals surface area contributed by atoms with Crippen LogP contribution in [0, 0.1) is 13.8 Å². The van der Waals surface area contributed by atoms with Gasteiger partial charge in [0.1, 0.15) is 11.6 Å². The number of hydrogen-bond donors (Lipinski definition) is 3. The Kier molecular flexibility index (Phi) is 6.80. The molecule has 5 N–H and O–H groups in total. The average molecular weight is 450 g/mol. The number of primary amides is 1. The number of allylic oxidation sites excluding steroid dienone is 2. The lowest BCUT2D eigenvalue weighted by Crippen LogP contribution is -2.32. The smallest absolute Gasteiger partial charge is 0.253 e. The minimum absolute atomic E-state index is 0.104. The van der Waals surface area contributed by atoms with Crippen molar-refractivity contribution in [2.75, 3.05) is 5.73 Å². The Morgan fingerprint density at radius 2 is 1.84 bits per heavy atom. The number of amides is 1. The number of benzene rings is 2. The van der Waals surface area contributed by atoms with E-state index in [4.69, 9.17) is 23.1 Å². The van der Waals surface area contributed by atoms with E-state index in [0.29, 0.717) is 27.7 Å². The molecule has 3 aromatic rings. The lowest BCUT2D eigenvalue weighted by molar-refractivity contribution is 0.100. The molecule has 0 aliphatic carbocycles. The number of nitrogens with two attached hydrogens (primary N) is 2. The third kappa shape index (κ3) is 4.43. The second-order valence-electron chi connectivity index (χ2n) is 7.82. The SMILES string of the molecule is CC\C=c1/c(C(N)=O)c(N)n(-c2cc(O)ccc2C)/c1=C/C=C(\C)c1ccc(C)c(Cl)c1. The number of rotatable bonds is 5. The highest BCUT2D eigenvalue weighted by Crippen LogP contribution is 2.23. The Bertz CT molecular complexity index is 1350. The van der Waals surface area contributed by atoms with Crippen LogP contribution in [0.5, 0.6) is 5.75 Å². The van der Waals surface area contributed by atoms with Crippen LogP contribution in [-0.2, 0) is 0 Å². The predicted molar refractivity (Wildman–Crippen MR) is 133 cm³/mol. The zero-order chi connectivity index (χ0) is 23.6. The summed E-state index contributed by atoms with van der Waals surface area (Å²) in [6.07, 6.45) is 6.50. The third-order valence-electron chi connectivity index (χ3n) is 5.49. The van der Waals surface area contributed by atoms with Crippen LogP contribution >= 0.6 is 11.6 Å². The summed E-state index contributed by atoms with van der Waals surface area (Å²) in [7, 11) is 0. The summed E-state index contributed by atoms with van der Waals surface area (Å²) < 4.78 is 1.77. The maximum Gasteiger partial charge on any atom is 0.253 e. The van der Waals surface area contributed by atoms with Gasteiger partial charge >= 0.3 is 0 Å². The second-order valence-corrected chi connectivity index (χ2v) is 8.23. The van der Waals surface area contributed by atoms with Crippen LogP contribution in [0.15, 0.2) is 42.5 Å². The number of hydrogen-bond acceptors (Lipinski definition) is 3. The van der Waals surface area contributed by atoms with E-state index >= 15 is 0 Å². The van der Waals surface area contributed by atoms with Crippen molar-refractivity contribution in [2.45, 2.75) is 34.1 Å². The molecule has 0 spiro atoms. The van der Waals surface area contributed by atoms with Gasteiger partial charge in [-0.15, -0.1) is 0 Å². The molecule has 6 heteroatoms. The normalized spacial score (nSPS) is 13.1. The molecule has 1 heterocycles. The van der Waals surface area contributed by atoms with Crippen molar-refractivity contribution in [3.8, 4) is 11.4 Å². The molecule has 0 aliphatic heterocycles. The van der Waals surface area contributed by atoms with Gasteiger partial charge in [-0.1, -0.05) is 48.9 Å². The number of nitrogen functional groups attached to an aromatic ring is 1. The first kappa shape index (κ1) is 23.2. The number of carbonyl (C=O) groups excluding carboxylic acids is 1. The standard InChI is InChI=1S/C26H28ClN3O2/c1-5-6-20-22(12-9-15(2)18-10-7-16(3)21(27)13-18)30(25(28)24(20)26(29)32)23-14-19(31)11-8-17(23)4/h6-14,31H,5,28H2,1-4H3,(H2,29,32)/b15-9+,20-6-,22-12+. The van der Waals surface area contributed by atoms with Gasteiger partial charge in [-0.2, -0.15) is 0 Å². The fourth-order valence-corrected chi connectivity index (χ4v) is 3.88. The summed E-state index contributed by atoms with van der Waals surface area (Å²) in [5.41, 5.74) is 17.0. The average Bonchev–Trinajstić information content (AvgIpc) is 3.01. The van der Waals surface area contributed by atoms with Crippen molar-refractivity contribution in [1.29, 1.82) is 0 Å². The zero-order valence-corrected chi connectivity index (χ0v) is 19.5. The monoisotopic (exact) mass is 449 g/mol. The molecule has 0 radical (unpaired) electrons. The lowest BCUT2D eigenvalue weighted by atomic mass is 10.1. The van der Waals surface area contributed by atoms with Crippen LogP contribution in [0.3, 0.4) is 0 Å². The van der Waals surface area contributed by atoms with Crippen molar-refractivity contribution in [2.24, 2.45) is 5.73 Å². The Morgan fingerprint density at radius 3 is 2.47 bits per heavy atom. The number of aryl methyl sites for hydroxylation is 2. The van der Waals surface area contributed by atoms with Crippen molar-refractivity contribution >= 4 is 41.1 Å². The van der Waals surface area contributed by atoms with E-state index in [1.807, 2.05) is 64.1 Å². The van der Waals surface area contributed by atoms with E-state index in [1.54, 1.807) is 22.8 Å². The largest absolute Gasteiger partial charge is 0.508 e. The summed E-state index contributed by atoms with van der Waals surface area (Å²) in [5, 5.41) is 12.2. The highest BCUT2D eigenvalue weighted by molar-refractivity contribution is 6.31. The molecular formula is C26H28ClN3O2. The van der Waals surface area contributed by atoms with Crippen molar-refractivity contribution in [1.82, 2.24) is 4.57 Å². The maximum absolute atomic E-state index is 12.3. The second kappa shape index (κ2) is 9.37. The first-order chi connectivity index (χ1) is 15.1. The topological polar surface area (TPSA) is 94.3 Å². The molecule has 3 rings (SSSR count). The molecule has 0 atom stereocenters. The number of halogens is 1. The van der Waals surface area contributed by atoms with Crippen LogP contribution in [0.4, 0.5) is 5.82 Å². The van der Waals surface area contributed by atoms with E-state index in [9.17, 15) is 9.90 Å². The van der Waals surface area contributed by atoms with Gasteiger partial charge in [0.15, 0.2) is 0 Å². The molecule has 0 bridgehead atoms. The number of nitrogens with zero attached hydrogens (tertiary/aromatic N) is 1. The van der Waals surface area contributed by atoms with E-state index < -0.39 is 5.91 Å². The van der Waals surface area contributed by atoms with Crippen molar-refractivity contribution in [3.63, 3.8) is 0 Å². The third-order valence-corrected chi connectivity index (χ3v) is 5.90. The minimum atomic E-state index is -0.598. The molecule has 166 valence electrons. The summed E-state index contributed by atoms with van der Waals surface area (Å²) in [4.78, 5) is 12.3. The zero-order valence-electron chi connectivity index (χ0n) is 18.7. The highest BCUT2D eigenvalue weighted by atomic mass is 35.5. The Morgan fingerprint density at radius 1 is 1.16 bits per heavy atom. The summed E-state index contributed by atoms with van der Waals surface area (Å²) >= 11 is 6.30. The van der Waals surface area contributed by atoms with Crippen LogP contribution in [-0.4, -0.2) is 15.6 Å². The van der Waals surface area contributed by atoms with Gasteiger partial charge in [-0.3, -0.25) is 9.36 Å². The molecule has 0 fully saturated rings. The fourth-order valence-electron chi connectivity index (χ4n) is 3.70. The lowest BCUT2D eigenvalue weighted by Gasteiger charge is -2.11.